The van der Waals surface area contributed by atoms with Gasteiger partial charge in [0.25, 0.3) is 5.91 Å². The van der Waals surface area contributed by atoms with Crippen molar-refractivity contribution in [2.24, 2.45) is 0 Å². The lowest BCUT2D eigenvalue weighted by Crippen LogP contribution is -2.42. The van der Waals surface area contributed by atoms with Gasteiger partial charge in [0, 0.05) is 12.4 Å². The maximum atomic E-state index is 12.0. The molecular weight excluding hydrogens is 285 g/mol. The van der Waals surface area contributed by atoms with Crippen molar-refractivity contribution in [2.75, 3.05) is 24.8 Å². The topological polar surface area (TPSA) is 119 Å². The number of rotatable bonds is 5. The zero-order valence-corrected chi connectivity index (χ0v) is 11.7. The van der Waals surface area contributed by atoms with Crippen molar-refractivity contribution in [1.29, 1.82) is 0 Å². The van der Waals surface area contributed by atoms with Gasteiger partial charge in [-0.05, 0) is 12.1 Å². The van der Waals surface area contributed by atoms with E-state index in [-0.39, 0.29) is 0 Å². The summed E-state index contributed by atoms with van der Waals surface area (Å²) in [5.41, 5.74) is 1.85. The van der Waals surface area contributed by atoms with Gasteiger partial charge in [0.15, 0.2) is 0 Å². The van der Waals surface area contributed by atoms with Gasteiger partial charge in [-0.1, -0.05) is 18.2 Å². The molecule has 0 saturated carbocycles. The Morgan fingerprint density at radius 1 is 1.30 bits per heavy atom. The lowest BCUT2D eigenvalue weighted by atomic mass is 10.3. The Morgan fingerprint density at radius 3 is 2.40 bits per heavy atom. The molecular formula is C11H16N3O5P. The number of urea groups is 1. The zero-order chi connectivity index (χ0) is 15.2. The van der Waals surface area contributed by atoms with Crippen LogP contribution < -0.4 is 10.8 Å². The summed E-state index contributed by atoms with van der Waals surface area (Å²) in [4.78, 5) is 33.2. The summed E-state index contributed by atoms with van der Waals surface area (Å²) in [6, 6.07) is 7.73. The molecule has 20 heavy (non-hydrogen) atoms. The third kappa shape index (κ3) is 5.83. The summed E-state index contributed by atoms with van der Waals surface area (Å²) in [7, 11) is -3.54. The number of carbonyl (C=O) groups excluding carboxylic acids is 2. The van der Waals surface area contributed by atoms with Crippen molar-refractivity contribution >= 4 is 25.0 Å². The molecule has 0 heterocycles. The molecule has 1 atom stereocenters. The number of amides is 3. The van der Waals surface area contributed by atoms with Gasteiger partial charge in [-0.25, -0.2) is 10.3 Å². The third-order valence-electron chi connectivity index (χ3n) is 2.20. The molecule has 0 aliphatic heterocycles. The molecule has 1 rings (SSSR count). The van der Waals surface area contributed by atoms with Crippen LogP contribution in [0.2, 0.25) is 0 Å². The van der Waals surface area contributed by atoms with Gasteiger partial charge in [0.2, 0.25) is 7.37 Å². The Kier molecular flexibility index (Phi) is 5.69. The first kappa shape index (κ1) is 16.2. The van der Waals surface area contributed by atoms with Crippen LogP contribution in [-0.4, -0.2) is 46.4 Å². The highest BCUT2D eigenvalue weighted by Crippen LogP contribution is 2.35. The summed E-state index contributed by atoms with van der Waals surface area (Å²) >= 11 is 0. The number of nitrogens with zero attached hydrogens (tertiary/aromatic N) is 1. The van der Waals surface area contributed by atoms with Gasteiger partial charge >= 0.3 is 6.03 Å². The van der Waals surface area contributed by atoms with Crippen molar-refractivity contribution < 1.29 is 24.3 Å². The second kappa shape index (κ2) is 7.04. The molecule has 0 saturated heterocycles. The number of nitrogens with one attached hydrogen (secondary N) is 2. The van der Waals surface area contributed by atoms with Crippen LogP contribution in [0.5, 0.6) is 0 Å². The van der Waals surface area contributed by atoms with Gasteiger partial charge in [0.1, 0.15) is 6.54 Å². The van der Waals surface area contributed by atoms with E-state index < -0.39 is 32.1 Å². The van der Waals surface area contributed by atoms with Gasteiger partial charge < -0.3 is 15.1 Å². The standard InChI is InChI=1S/C11H16N3O5P/c1-20(18,19)8-14(7-10(15)13-17)11(16)12-9-5-3-2-4-6-9/h2-6,17H,7-8H2,1H3,(H,12,16)(H,13,15)(H,18,19). The number of carbonyl (C=O) groups is 2. The quantitative estimate of drug-likeness (QED) is 0.366. The highest BCUT2D eigenvalue weighted by Gasteiger charge is 2.23. The van der Waals surface area contributed by atoms with Crippen LogP contribution in [-0.2, 0) is 9.36 Å². The Bertz CT molecular complexity index is 516. The van der Waals surface area contributed by atoms with Gasteiger partial charge in [0.05, 0.1) is 6.29 Å². The number of anilines is 1. The van der Waals surface area contributed by atoms with Crippen LogP contribution in [0.3, 0.4) is 0 Å². The molecule has 4 N–H and O–H groups in total. The van der Waals surface area contributed by atoms with Crippen LogP contribution in [0.1, 0.15) is 0 Å². The first-order chi connectivity index (χ1) is 9.31. The summed E-state index contributed by atoms with van der Waals surface area (Å²) in [5.74, 6) is -0.860. The molecule has 0 fully saturated rings. The maximum Gasteiger partial charge on any atom is 0.322 e. The lowest BCUT2D eigenvalue weighted by molar-refractivity contribution is -0.129. The molecule has 9 heteroatoms. The van der Waals surface area contributed by atoms with Gasteiger partial charge in [-0.15, -0.1) is 0 Å². The highest BCUT2D eigenvalue weighted by molar-refractivity contribution is 7.57. The van der Waals surface area contributed by atoms with Crippen molar-refractivity contribution in [1.82, 2.24) is 10.4 Å². The minimum atomic E-state index is -3.54. The van der Waals surface area contributed by atoms with E-state index in [1.807, 2.05) is 0 Å². The summed E-state index contributed by atoms with van der Waals surface area (Å²) < 4.78 is 11.4. The van der Waals surface area contributed by atoms with Crippen molar-refractivity contribution in [3.8, 4) is 0 Å². The number of hydroxylamine groups is 1. The monoisotopic (exact) mass is 301 g/mol. The number of hydrogen-bond donors (Lipinski definition) is 4. The summed E-state index contributed by atoms with van der Waals surface area (Å²) in [5, 5.41) is 11.0. The van der Waals surface area contributed by atoms with E-state index in [1.165, 1.54) is 5.48 Å². The largest absolute Gasteiger partial charge is 0.343 e. The Hall–Kier alpha value is -1.89. The molecule has 1 aromatic rings. The fourth-order valence-corrected chi connectivity index (χ4v) is 2.30. The SMILES string of the molecule is CP(=O)(O)CN(CC(=O)NO)C(=O)Nc1ccccc1. The van der Waals surface area contributed by atoms with Crippen molar-refractivity contribution in [3.05, 3.63) is 30.3 Å². The van der Waals surface area contributed by atoms with E-state index in [0.29, 0.717) is 5.69 Å². The molecule has 0 radical (unpaired) electrons. The van der Waals surface area contributed by atoms with Crippen LogP contribution >= 0.6 is 7.37 Å². The van der Waals surface area contributed by atoms with Crippen LogP contribution in [0.25, 0.3) is 0 Å². The average molecular weight is 301 g/mol. The predicted octanol–water partition coefficient (Wildman–Crippen LogP) is 0.884. The molecule has 110 valence electrons. The van der Waals surface area contributed by atoms with Gasteiger partial charge in [-0.2, -0.15) is 0 Å². The first-order valence-electron chi connectivity index (χ1n) is 5.65. The fraction of sp³-hybridized carbons (Fsp3) is 0.273. The summed E-state index contributed by atoms with van der Waals surface area (Å²) in [6.45, 7) is 0.542. The zero-order valence-electron chi connectivity index (χ0n) is 10.8. The van der Waals surface area contributed by atoms with E-state index in [9.17, 15) is 19.0 Å². The molecule has 0 aliphatic carbocycles. The number of benzene rings is 1. The average Bonchev–Trinajstić information content (AvgIpc) is 2.37. The second-order valence-electron chi connectivity index (χ2n) is 4.22. The Labute approximate surface area is 115 Å². The molecule has 0 bridgehead atoms. The predicted molar refractivity (Wildman–Crippen MR) is 72.7 cm³/mol. The molecule has 1 aromatic carbocycles. The molecule has 0 spiro atoms. The molecule has 3 amide bonds. The number of para-hydroxylation sites is 1. The Balaban J connectivity index is 2.78. The molecule has 8 nitrogen and oxygen atoms in total. The van der Waals surface area contributed by atoms with Crippen LogP contribution in [0.15, 0.2) is 30.3 Å². The molecule has 0 aliphatic rings. The van der Waals surface area contributed by atoms with E-state index in [4.69, 9.17) is 5.21 Å². The molecule has 1 unspecified atom stereocenters. The van der Waals surface area contributed by atoms with E-state index >= 15 is 0 Å². The van der Waals surface area contributed by atoms with Crippen LogP contribution in [0, 0.1) is 0 Å². The first-order valence-corrected chi connectivity index (χ1v) is 7.94. The normalized spacial score (nSPS) is 13.2. The fourth-order valence-electron chi connectivity index (χ4n) is 1.44. The van der Waals surface area contributed by atoms with Crippen LogP contribution in [0.4, 0.5) is 10.5 Å². The van der Waals surface area contributed by atoms with E-state index in [2.05, 4.69) is 5.32 Å². The number of hydrogen-bond acceptors (Lipinski definition) is 4. The highest BCUT2D eigenvalue weighted by atomic mass is 31.2. The van der Waals surface area contributed by atoms with E-state index in [0.717, 1.165) is 11.6 Å². The van der Waals surface area contributed by atoms with Gasteiger partial charge in [-0.3, -0.25) is 14.6 Å². The smallest absolute Gasteiger partial charge is 0.322 e. The molecule has 0 aromatic heterocycles. The van der Waals surface area contributed by atoms with E-state index in [1.54, 1.807) is 30.3 Å². The second-order valence-corrected chi connectivity index (χ2v) is 6.61. The maximum absolute atomic E-state index is 12.0. The van der Waals surface area contributed by atoms with Crippen molar-refractivity contribution in [3.63, 3.8) is 0 Å². The lowest BCUT2D eigenvalue weighted by Gasteiger charge is -2.23. The minimum Gasteiger partial charge on any atom is -0.343 e. The Morgan fingerprint density at radius 2 is 1.90 bits per heavy atom. The third-order valence-corrected chi connectivity index (χ3v) is 3.07. The minimum absolute atomic E-state index is 0.482. The van der Waals surface area contributed by atoms with Crippen molar-refractivity contribution in [2.45, 2.75) is 0 Å². The summed E-state index contributed by atoms with van der Waals surface area (Å²) in [6.07, 6.45) is -0.501.